The first-order valence-electron chi connectivity index (χ1n) is 9.09. The van der Waals surface area contributed by atoms with E-state index in [0.29, 0.717) is 29.6 Å². The summed E-state index contributed by atoms with van der Waals surface area (Å²) in [6, 6.07) is 11.1. The molecule has 6 nitrogen and oxygen atoms in total. The molecule has 1 unspecified atom stereocenters. The fourth-order valence-corrected chi connectivity index (χ4v) is 3.34. The number of methoxy groups -OCH3 is 1. The van der Waals surface area contributed by atoms with E-state index < -0.39 is 6.10 Å². The lowest BCUT2D eigenvalue weighted by molar-refractivity contribution is 0.177. The molecule has 1 atom stereocenters. The fourth-order valence-electron chi connectivity index (χ4n) is 3.20. The van der Waals surface area contributed by atoms with Gasteiger partial charge in [0.1, 0.15) is 22.8 Å². The van der Waals surface area contributed by atoms with Gasteiger partial charge in [0.25, 0.3) is 0 Å². The largest absolute Gasteiger partial charge is 0.497 e. The Morgan fingerprint density at radius 3 is 2.63 bits per heavy atom. The van der Waals surface area contributed by atoms with Crippen LogP contribution in [-0.4, -0.2) is 53.6 Å². The molecule has 3 N–H and O–H groups in total. The molecule has 27 heavy (non-hydrogen) atoms. The second-order valence-corrected chi connectivity index (χ2v) is 7.06. The van der Waals surface area contributed by atoms with Crippen LogP contribution in [0.2, 0.25) is 5.15 Å². The van der Waals surface area contributed by atoms with Gasteiger partial charge >= 0.3 is 0 Å². The molecule has 0 saturated carbocycles. The predicted octanol–water partition coefficient (Wildman–Crippen LogP) is 3.18. The molecular weight excluding hydrogens is 364 g/mol. The summed E-state index contributed by atoms with van der Waals surface area (Å²) in [5.74, 6) is 1.30. The molecule has 1 aliphatic heterocycles. The van der Waals surface area contributed by atoms with Crippen LogP contribution in [0.4, 0.5) is 5.82 Å². The molecule has 0 amide bonds. The summed E-state index contributed by atoms with van der Waals surface area (Å²) in [5, 5.41) is 22.5. The van der Waals surface area contributed by atoms with Crippen molar-refractivity contribution in [2.24, 2.45) is 0 Å². The van der Waals surface area contributed by atoms with E-state index in [9.17, 15) is 5.11 Å². The van der Waals surface area contributed by atoms with Gasteiger partial charge in [-0.15, -0.1) is 0 Å². The van der Waals surface area contributed by atoms with Crippen molar-refractivity contribution < 1.29 is 9.84 Å². The smallest absolute Gasteiger partial charge is 0.137 e. The average Bonchev–Trinajstić information content (AvgIpc) is 3.19. The highest BCUT2D eigenvalue weighted by atomic mass is 35.5. The minimum atomic E-state index is -0.854. The molecule has 1 fully saturated rings. The highest BCUT2D eigenvalue weighted by Crippen LogP contribution is 2.21. The lowest BCUT2D eigenvalue weighted by Gasteiger charge is -2.21. The maximum atomic E-state index is 10.5. The van der Waals surface area contributed by atoms with Crippen molar-refractivity contribution in [3.63, 3.8) is 0 Å². The quantitative estimate of drug-likeness (QED) is 0.478. The number of nitrogens with zero attached hydrogens (tertiary/aromatic N) is 2. The number of benzene rings is 1. The third-order valence-electron chi connectivity index (χ3n) is 4.73. The van der Waals surface area contributed by atoms with E-state index in [1.54, 1.807) is 19.2 Å². The molecule has 144 valence electrons. The molecule has 7 heteroatoms. The third kappa shape index (κ3) is 5.19. The Bertz CT molecular complexity index is 776. The van der Waals surface area contributed by atoms with Gasteiger partial charge in [-0.3, -0.25) is 0 Å². The minimum Gasteiger partial charge on any atom is -0.497 e. The van der Waals surface area contributed by atoms with E-state index in [4.69, 9.17) is 21.7 Å². The van der Waals surface area contributed by atoms with Crippen LogP contribution < -0.4 is 10.1 Å². The van der Waals surface area contributed by atoms with E-state index in [1.807, 2.05) is 24.3 Å². The summed E-state index contributed by atoms with van der Waals surface area (Å²) in [5.41, 5.74) is 1.77. The topological polar surface area (TPSA) is 81.5 Å². The zero-order valence-corrected chi connectivity index (χ0v) is 16.2. The highest BCUT2D eigenvalue weighted by Gasteiger charge is 2.22. The number of likely N-dealkylation sites (tertiary alicyclic amines) is 1. The van der Waals surface area contributed by atoms with Crippen LogP contribution in [0.1, 0.15) is 24.0 Å². The molecular formula is C20H25ClN4O2. The van der Waals surface area contributed by atoms with Gasteiger partial charge in [0.2, 0.25) is 0 Å². The van der Waals surface area contributed by atoms with E-state index in [-0.39, 0.29) is 5.71 Å². The number of hydrogen-bond donors (Lipinski definition) is 3. The Morgan fingerprint density at radius 2 is 1.96 bits per heavy atom. The van der Waals surface area contributed by atoms with Crippen LogP contribution in [0, 0.1) is 5.41 Å². The summed E-state index contributed by atoms with van der Waals surface area (Å²) in [7, 11) is 1.63. The van der Waals surface area contributed by atoms with Gasteiger partial charge in [0.15, 0.2) is 0 Å². The first-order chi connectivity index (χ1) is 13.1. The maximum absolute atomic E-state index is 10.5. The molecule has 1 aromatic carbocycles. The summed E-state index contributed by atoms with van der Waals surface area (Å²) in [4.78, 5) is 6.51. The molecule has 1 aliphatic rings. The molecule has 0 radical (unpaired) electrons. The first-order valence-corrected chi connectivity index (χ1v) is 9.47. The van der Waals surface area contributed by atoms with E-state index in [0.717, 1.165) is 37.2 Å². The lowest BCUT2D eigenvalue weighted by Crippen LogP contribution is -2.35. The van der Waals surface area contributed by atoms with Gasteiger partial charge < -0.3 is 25.5 Å². The molecule has 2 heterocycles. The summed E-state index contributed by atoms with van der Waals surface area (Å²) < 4.78 is 5.17. The number of aliphatic hydroxyl groups excluding tert-OH is 1. The lowest BCUT2D eigenvalue weighted by atomic mass is 10.1. The van der Waals surface area contributed by atoms with Crippen molar-refractivity contribution in [3.05, 3.63) is 52.7 Å². The van der Waals surface area contributed by atoms with Gasteiger partial charge in [-0.05, 0) is 55.8 Å². The number of aliphatic hydroxyl groups is 1. The Morgan fingerprint density at radius 1 is 1.26 bits per heavy atom. The van der Waals surface area contributed by atoms with Crippen LogP contribution in [-0.2, 0) is 6.54 Å². The number of ether oxygens (including phenoxy) is 1. The van der Waals surface area contributed by atoms with Crippen molar-refractivity contribution in [3.8, 4) is 5.75 Å². The number of aromatic nitrogens is 1. The molecule has 3 rings (SSSR count). The van der Waals surface area contributed by atoms with Gasteiger partial charge in [0, 0.05) is 18.7 Å². The monoisotopic (exact) mass is 388 g/mol. The first kappa shape index (κ1) is 19.6. The molecule has 1 aromatic heterocycles. The zero-order valence-electron chi connectivity index (χ0n) is 15.4. The zero-order chi connectivity index (χ0) is 19.2. The van der Waals surface area contributed by atoms with E-state index in [1.165, 1.54) is 0 Å². The van der Waals surface area contributed by atoms with Gasteiger partial charge in [-0.25, -0.2) is 4.98 Å². The predicted molar refractivity (Wildman–Crippen MR) is 108 cm³/mol. The number of anilines is 1. The molecule has 0 aliphatic carbocycles. The summed E-state index contributed by atoms with van der Waals surface area (Å²) >= 11 is 6.05. The van der Waals surface area contributed by atoms with Crippen LogP contribution in [0.3, 0.4) is 0 Å². The third-order valence-corrected chi connectivity index (χ3v) is 4.94. The van der Waals surface area contributed by atoms with Crippen LogP contribution in [0.5, 0.6) is 5.75 Å². The summed E-state index contributed by atoms with van der Waals surface area (Å²) in [6.07, 6.45) is 1.45. The molecule has 0 spiro atoms. The van der Waals surface area contributed by atoms with Gasteiger partial charge in [-0.1, -0.05) is 23.7 Å². The van der Waals surface area contributed by atoms with Crippen LogP contribution in [0.25, 0.3) is 0 Å². The van der Waals surface area contributed by atoms with Gasteiger partial charge in [0.05, 0.1) is 12.8 Å². The minimum absolute atomic E-state index is 0.156. The van der Waals surface area contributed by atoms with Crippen molar-refractivity contribution in [2.45, 2.75) is 25.5 Å². The number of hydrogen-bond acceptors (Lipinski definition) is 6. The Labute approximate surface area is 164 Å². The van der Waals surface area contributed by atoms with Crippen molar-refractivity contribution in [1.82, 2.24) is 9.88 Å². The van der Waals surface area contributed by atoms with Crippen molar-refractivity contribution in [1.29, 1.82) is 5.41 Å². The second kappa shape index (κ2) is 9.17. The molecule has 2 aromatic rings. The standard InChI is InChI=1S/C20H25ClN4O2/c1-27-15-6-4-14(5-7-15)12-23-20-16(8-9-18(21)24-20)19(22)17(26)13-25-10-2-3-11-25/h4-9,17,22,26H,2-3,10-13H2,1H3,(H,23,24). The molecule has 1 saturated heterocycles. The highest BCUT2D eigenvalue weighted by molar-refractivity contribution is 6.29. The van der Waals surface area contributed by atoms with E-state index in [2.05, 4.69) is 15.2 Å². The van der Waals surface area contributed by atoms with Crippen LogP contribution >= 0.6 is 11.6 Å². The number of β-amino-alcohol motifs (C(OH)–C–C–N with tert-alkyl or cyclic N) is 1. The van der Waals surface area contributed by atoms with Crippen molar-refractivity contribution in [2.75, 3.05) is 32.1 Å². The number of rotatable bonds is 8. The molecule has 0 bridgehead atoms. The van der Waals surface area contributed by atoms with Crippen molar-refractivity contribution >= 4 is 23.1 Å². The average molecular weight is 389 g/mol. The maximum Gasteiger partial charge on any atom is 0.137 e. The number of halogens is 1. The number of nitrogens with one attached hydrogen (secondary N) is 2. The fraction of sp³-hybridized carbons (Fsp3) is 0.400. The number of pyridine rings is 1. The SMILES string of the molecule is COc1ccc(CNc2nc(Cl)ccc2C(=N)C(O)CN2CCCC2)cc1. The van der Waals surface area contributed by atoms with E-state index >= 15 is 0 Å². The van der Waals surface area contributed by atoms with Gasteiger partial charge in [-0.2, -0.15) is 0 Å². The Hall–Kier alpha value is -2.15. The second-order valence-electron chi connectivity index (χ2n) is 6.67. The normalized spacial score (nSPS) is 15.5. The Balaban J connectivity index is 1.70. The summed E-state index contributed by atoms with van der Waals surface area (Å²) in [6.45, 7) is 2.96. The van der Waals surface area contributed by atoms with Crippen LogP contribution in [0.15, 0.2) is 36.4 Å². The Kier molecular flexibility index (Phi) is 6.66.